The lowest BCUT2D eigenvalue weighted by Crippen LogP contribution is -2.34. The number of urea groups is 1. The maximum atomic E-state index is 11.6. The summed E-state index contributed by atoms with van der Waals surface area (Å²) >= 11 is 0. The van der Waals surface area contributed by atoms with Gasteiger partial charge >= 0.3 is 12.0 Å². The number of carbonyl (C=O) groups excluding carboxylic acids is 2. The molecule has 0 bridgehead atoms. The number of benzene rings is 1. The molecule has 0 saturated carbocycles. The maximum absolute atomic E-state index is 11.6. The molecule has 0 aliphatic carbocycles. The van der Waals surface area contributed by atoms with Crippen LogP contribution in [-0.4, -0.2) is 30.1 Å². The van der Waals surface area contributed by atoms with Crippen molar-refractivity contribution < 1.29 is 24.2 Å². The molecule has 1 rings (SSSR count). The van der Waals surface area contributed by atoms with Gasteiger partial charge in [-0.3, -0.25) is 14.9 Å². The van der Waals surface area contributed by atoms with E-state index in [4.69, 9.17) is 9.84 Å². The SMILES string of the molecule is COc1cccc(NC(=O)NC(=O)CCCCC(=O)O)c1. The Kier molecular flexibility index (Phi) is 6.73. The first-order chi connectivity index (χ1) is 10.0. The van der Waals surface area contributed by atoms with Gasteiger partial charge in [-0.15, -0.1) is 0 Å². The van der Waals surface area contributed by atoms with Crippen LogP contribution >= 0.6 is 0 Å². The summed E-state index contributed by atoms with van der Waals surface area (Å²) < 4.78 is 5.02. The van der Waals surface area contributed by atoms with Crippen LogP contribution in [0.3, 0.4) is 0 Å². The molecule has 3 N–H and O–H groups in total. The van der Waals surface area contributed by atoms with E-state index in [1.165, 1.54) is 7.11 Å². The molecule has 1 aromatic carbocycles. The quantitative estimate of drug-likeness (QED) is 0.667. The summed E-state index contributed by atoms with van der Waals surface area (Å²) in [4.78, 5) is 33.4. The van der Waals surface area contributed by atoms with E-state index in [2.05, 4.69) is 10.6 Å². The van der Waals surface area contributed by atoms with Gasteiger partial charge < -0.3 is 15.2 Å². The van der Waals surface area contributed by atoms with Gasteiger partial charge in [-0.1, -0.05) is 6.07 Å². The van der Waals surface area contributed by atoms with Crippen molar-refractivity contribution in [2.24, 2.45) is 0 Å². The molecule has 0 spiro atoms. The van der Waals surface area contributed by atoms with E-state index in [9.17, 15) is 14.4 Å². The van der Waals surface area contributed by atoms with Crippen LogP contribution in [0.2, 0.25) is 0 Å². The van der Waals surface area contributed by atoms with E-state index in [1.807, 2.05) is 0 Å². The van der Waals surface area contributed by atoms with Gasteiger partial charge in [-0.05, 0) is 25.0 Å². The lowest BCUT2D eigenvalue weighted by molar-refractivity contribution is -0.137. The summed E-state index contributed by atoms with van der Waals surface area (Å²) in [5.74, 6) is -0.750. The molecule has 7 heteroatoms. The number of ether oxygens (including phenoxy) is 1. The molecule has 0 unspecified atom stereocenters. The molecular formula is C14H18N2O5. The van der Waals surface area contributed by atoms with Crippen molar-refractivity contribution in [2.45, 2.75) is 25.7 Å². The molecular weight excluding hydrogens is 276 g/mol. The van der Waals surface area contributed by atoms with Crippen LogP contribution in [0.1, 0.15) is 25.7 Å². The van der Waals surface area contributed by atoms with Crippen LogP contribution in [0, 0.1) is 0 Å². The number of aliphatic carboxylic acids is 1. The highest BCUT2D eigenvalue weighted by Crippen LogP contribution is 2.16. The average Bonchev–Trinajstić information content (AvgIpc) is 2.43. The highest BCUT2D eigenvalue weighted by Gasteiger charge is 2.08. The third-order valence-electron chi connectivity index (χ3n) is 2.63. The van der Waals surface area contributed by atoms with Crippen LogP contribution in [0.15, 0.2) is 24.3 Å². The topological polar surface area (TPSA) is 105 Å². The predicted octanol–water partition coefficient (Wildman–Crippen LogP) is 1.99. The van der Waals surface area contributed by atoms with E-state index in [-0.39, 0.29) is 12.8 Å². The molecule has 7 nitrogen and oxygen atoms in total. The summed E-state index contributed by atoms with van der Waals surface area (Å²) in [7, 11) is 1.51. The number of carboxylic acids is 1. The number of hydrogen-bond donors (Lipinski definition) is 3. The van der Waals surface area contributed by atoms with Crippen molar-refractivity contribution in [1.29, 1.82) is 0 Å². The minimum Gasteiger partial charge on any atom is -0.497 e. The number of carbonyl (C=O) groups is 3. The van der Waals surface area contributed by atoms with Gasteiger partial charge in [0.1, 0.15) is 5.75 Å². The van der Waals surface area contributed by atoms with Gasteiger partial charge in [0.2, 0.25) is 5.91 Å². The molecule has 0 fully saturated rings. The Labute approximate surface area is 122 Å². The third-order valence-corrected chi connectivity index (χ3v) is 2.63. The Morgan fingerprint density at radius 2 is 1.90 bits per heavy atom. The standard InChI is InChI=1S/C14H18N2O5/c1-21-11-6-4-5-10(9-11)15-14(20)16-12(17)7-2-3-8-13(18)19/h4-6,9H,2-3,7-8H2,1H3,(H,18,19)(H2,15,16,17,20). The number of rotatable bonds is 7. The van der Waals surface area contributed by atoms with Crippen LogP contribution in [0.5, 0.6) is 5.75 Å². The first-order valence-corrected chi connectivity index (χ1v) is 6.48. The fourth-order valence-electron chi connectivity index (χ4n) is 1.61. The van der Waals surface area contributed by atoms with Crippen LogP contribution in [0.4, 0.5) is 10.5 Å². The molecule has 0 saturated heterocycles. The summed E-state index contributed by atoms with van der Waals surface area (Å²) in [5, 5.41) is 13.1. The number of amides is 3. The van der Waals surface area contributed by atoms with Gasteiger partial charge in [0, 0.05) is 24.6 Å². The second-order valence-electron chi connectivity index (χ2n) is 4.34. The number of methoxy groups -OCH3 is 1. The molecule has 0 heterocycles. The predicted molar refractivity (Wildman–Crippen MR) is 76.3 cm³/mol. The second-order valence-corrected chi connectivity index (χ2v) is 4.34. The Morgan fingerprint density at radius 3 is 2.57 bits per heavy atom. The zero-order valence-electron chi connectivity index (χ0n) is 11.7. The van der Waals surface area contributed by atoms with Crippen molar-refractivity contribution >= 4 is 23.6 Å². The molecule has 0 aliphatic rings. The van der Waals surface area contributed by atoms with Crippen molar-refractivity contribution in [2.75, 3.05) is 12.4 Å². The largest absolute Gasteiger partial charge is 0.497 e. The van der Waals surface area contributed by atoms with E-state index >= 15 is 0 Å². The van der Waals surface area contributed by atoms with Crippen LogP contribution in [-0.2, 0) is 9.59 Å². The van der Waals surface area contributed by atoms with Crippen LogP contribution in [0.25, 0.3) is 0 Å². The van der Waals surface area contributed by atoms with E-state index in [0.717, 1.165) is 0 Å². The van der Waals surface area contributed by atoms with Crippen molar-refractivity contribution in [1.82, 2.24) is 5.32 Å². The Balaban J connectivity index is 2.32. The molecule has 0 aromatic heterocycles. The number of carboxylic acid groups (broad SMARTS) is 1. The van der Waals surface area contributed by atoms with Crippen molar-refractivity contribution in [3.63, 3.8) is 0 Å². The van der Waals surface area contributed by atoms with Crippen LogP contribution < -0.4 is 15.4 Å². The normalized spacial score (nSPS) is 9.76. The van der Waals surface area contributed by atoms with Crippen molar-refractivity contribution in [3.8, 4) is 5.75 Å². The molecule has 114 valence electrons. The Bertz CT molecular complexity index is 516. The number of hydrogen-bond acceptors (Lipinski definition) is 4. The molecule has 21 heavy (non-hydrogen) atoms. The smallest absolute Gasteiger partial charge is 0.325 e. The zero-order chi connectivity index (χ0) is 15.7. The summed E-state index contributed by atoms with van der Waals surface area (Å²) in [6.45, 7) is 0. The Hall–Kier alpha value is -2.57. The average molecular weight is 294 g/mol. The highest BCUT2D eigenvalue weighted by molar-refractivity contribution is 6.01. The van der Waals surface area contributed by atoms with Gasteiger partial charge in [0.05, 0.1) is 7.11 Å². The molecule has 0 aliphatic heterocycles. The summed E-state index contributed by atoms with van der Waals surface area (Å²) in [5.41, 5.74) is 0.505. The molecule has 0 atom stereocenters. The monoisotopic (exact) mass is 294 g/mol. The number of anilines is 1. The molecule has 0 radical (unpaired) electrons. The number of imide groups is 1. The maximum Gasteiger partial charge on any atom is 0.325 e. The lowest BCUT2D eigenvalue weighted by Gasteiger charge is -2.07. The Morgan fingerprint density at radius 1 is 1.19 bits per heavy atom. The highest BCUT2D eigenvalue weighted by atomic mass is 16.5. The lowest BCUT2D eigenvalue weighted by atomic mass is 10.2. The van der Waals surface area contributed by atoms with Gasteiger partial charge in [0.15, 0.2) is 0 Å². The number of nitrogens with one attached hydrogen (secondary N) is 2. The first kappa shape index (κ1) is 16.5. The minimum atomic E-state index is -0.897. The first-order valence-electron chi connectivity index (χ1n) is 6.48. The second kappa shape index (κ2) is 8.57. The van der Waals surface area contributed by atoms with E-state index in [1.54, 1.807) is 24.3 Å². The third kappa shape index (κ3) is 6.95. The zero-order valence-corrected chi connectivity index (χ0v) is 11.7. The summed E-state index contributed by atoms with van der Waals surface area (Å²) in [6, 6.07) is 6.10. The fraction of sp³-hybridized carbons (Fsp3) is 0.357. The van der Waals surface area contributed by atoms with Gasteiger partial charge in [-0.2, -0.15) is 0 Å². The van der Waals surface area contributed by atoms with Gasteiger partial charge in [-0.25, -0.2) is 4.79 Å². The van der Waals surface area contributed by atoms with E-state index < -0.39 is 17.9 Å². The van der Waals surface area contributed by atoms with Crippen molar-refractivity contribution in [3.05, 3.63) is 24.3 Å². The van der Waals surface area contributed by atoms with E-state index in [0.29, 0.717) is 24.3 Å². The minimum absolute atomic E-state index is 0.0171. The molecule has 3 amide bonds. The number of unbranched alkanes of at least 4 members (excludes halogenated alkanes) is 1. The fourth-order valence-corrected chi connectivity index (χ4v) is 1.61. The van der Waals surface area contributed by atoms with Gasteiger partial charge in [0.25, 0.3) is 0 Å². The summed E-state index contributed by atoms with van der Waals surface area (Å²) in [6.07, 6.45) is 0.951. The molecule has 1 aromatic rings.